The zero-order valence-corrected chi connectivity index (χ0v) is 11.1. The molecule has 0 saturated carbocycles. The van der Waals surface area contributed by atoms with E-state index < -0.39 is 0 Å². The van der Waals surface area contributed by atoms with Crippen molar-refractivity contribution in [3.05, 3.63) is 24.0 Å². The Balaban J connectivity index is 1.94. The number of hydrogen-bond donors (Lipinski definition) is 2. The monoisotopic (exact) mass is 249 g/mol. The standard InChI is InChI=1S/C14H23N3O/c1-2-10-17(12-5-8-15-9-6-12)11-14(18)13-4-3-7-16-13/h3-4,7,12,15-16H,2,5-6,8-11H2,1H3. The summed E-state index contributed by atoms with van der Waals surface area (Å²) in [7, 11) is 0. The molecule has 0 aromatic carbocycles. The van der Waals surface area contributed by atoms with Gasteiger partial charge in [0.1, 0.15) is 0 Å². The van der Waals surface area contributed by atoms with Crippen LogP contribution in [-0.2, 0) is 0 Å². The fourth-order valence-electron chi connectivity index (χ4n) is 2.62. The number of hydrogen-bond acceptors (Lipinski definition) is 3. The van der Waals surface area contributed by atoms with Crippen molar-refractivity contribution in [3.63, 3.8) is 0 Å². The van der Waals surface area contributed by atoms with E-state index in [0.29, 0.717) is 12.6 Å². The third-order valence-electron chi connectivity index (χ3n) is 3.58. The van der Waals surface area contributed by atoms with Crippen molar-refractivity contribution in [1.82, 2.24) is 15.2 Å². The van der Waals surface area contributed by atoms with Gasteiger partial charge in [0.25, 0.3) is 0 Å². The molecule has 2 heterocycles. The first-order valence-electron chi connectivity index (χ1n) is 6.92. The number of carbonyl (C=O) groups excluding carboxylic acids is 1. The first-order valence-corrected chi connectivity index (χ1v) is 6.92. The lowest BCUT2D eigenvalue weighted by Crippen LogP contribution is -2.45. The Bertz CT molecular complexity index is 355. The largest absolute Gasteiger partial charge is 0.359 e. The summed E-state index contributed by atoms with van der Waals surface area (Å²) in [5, 5.41) is 3.37. The maximum Gasteiger partial charge on any atom is 0.192 e. The molecule has 0 aliphatic carbocycles. The predicted octanol–water partition coefficient (Wildman–Crippen LogP) is 1.66. The first kappa shape index (κ1) is 13.3. The van der Waals surface area contributed by atoms with Crippen molar-refractivity contribution in [1.29, 1.82) is 0 Å². The Hall–Kier alpha value is -1.13. The number of carbonyl (C=O) groups is 1. The summed E-state index contributed by atoms with van der Waals surface area (Å²) in [6.07, 6.45) is 5.21. The molecule has 1 aliphatic rings. The topological polar surface area (TPSA) is 48.1 Å². The molecule has 2 rings (SSSR count). The molecular weight excluding hydrogens is 226 g/mol. The third-order valence-corrected chi connectivity index (χ3v) is 3.58. The van der Waals surface area contributed by atoms with Gasteiger partial charge in [-0.2, -0.15) is 0 Å². The number of aromatic nitrogens is 1. The lowest BCUT2D eigenvalue weighted by atomic mass is 10.0. The van der Waals surface area contributed by atoms with E-state index in [-0.39, 0.29) is 5.78 Å². The van der Waals surface area contributed by atoms with Gasteiger partial charge in [0.15, 0.2) is 5.78 Å². The van der Waals surface area contributed by atoms with Gasteiger partial charge < -0.3 is 10.3 Å². The molecule has 0 spiro atoms. The number of ketones is 1. The summed E-state index contributed by atoms with van der Waals surface area (Å²) < 4.78 is 0. The molecule has 2 N–H and O–H groups in total. The van der Waals surface area contributed by atoms with E-state index in [1.54, 1.807) is 0 Å². The Morgan fingerprint density at radius 3 is 2.83 bits per heavy atom. The molecule has 1 aromatic rings. The Morgan fingerprint density at radius 1 is 1.44 bits per heavy atom. The maximum atomic E-state index is 12.1. The summed E-state index contributed by atoms with van der Waals surface area (Å²) in [4.78, 5) is 17.5. The van der Waals surface area contributed by atoms with Gasteiger partial charge in [-0.05, 0) is 51.0 Å². The van der Waals surface area contributed by atoms with Crippen LogP contribution >= 0.6 is 0 Å². The molecule has 0 amide bonds. The van der Waals surface area contributed by atoms with E-state index in [0.717, 1.165) is 44.6 Å². The lowest BCUT2D eigenvalue weighted by Gasteiger charge is -2.33. The number of nitrogens with zero attached hydrogens (tertiary/aromatic N) is 1. The van der Waals surface area contributed by atoms with Gasteiger partial charge in [-0.1, -0.05) is 6.92 Å². The Labute approximate surface area is 109 Å². The minimum absolute atomic E-state index is 0.201. The minimum Gasteiger partial charge on any atom is -0.359 e. The van der Waals surface area contributed by atoms with Crippen LogP contribution in [0.15, 0.2) is 18.3 Å². The lowest BCUT2D eigenvalue weighted by molar-refractivity contribution is 0.0861. The average Bonchev–Trinajstić information content (AvgIpc) is 2.93. The van der Waals surface area contributed by atoms with Crippen molar-refractivity contribution in [2.24, 2.45) is 0 Å². The van der Waals surface area contributed by atoms with Gasteiger partial charge in [-0.3, -0.25) is 9.69 Å². The average molecular weight is 249 g/mol. The molecule has 1 saturated heterocycles. The van der Waals surface area contributed by atoms with E-state index in [4.69, 9.17) is 0 Å². The molecule has 0 radical (unpaired) electrons. The molecule has 0 bridgehead atoms. The minimum atomic E-state index is 0.201. The highest BCUT2D eigenvalue weighted by Crippen LogP contribution is 2.13. The van der Waals surface area contributed by atoms with Crippen LogP contribution in [-0.4, -0.2) is 47.9 Å². The van der Waals surface area contributed by atoms with Crippen molar-refractivity contribution in [3.8, 4) is 0 Å². The van der Waals surface area contributed by atoms with Crippen LogP contribution in [0.5, 0.6) is 0 Å². The maximum absolute atomic E-state index is 12.1. The second-order valence-electron chi connectivity index (χ2n) is 4.96. The highest BCUT2D eigenvalue weighted by Gasteiger charge is 2.22. The van der Waals surface area contributed by atoms with Gasteiger partial charge in [0, 0.05) is 12.2 Å². The predicted molar refractivity (Wildman–Crippen MR) is 72.9 cm³/mol. The number of piperidine rings is 1. The fraction of sp³-hybridized carbons (Fsp3) is 0.643. The zero-order valence-electron chi connectivity index (χ0n) is 11.1. The third kappa shape index (κ3) is 3.43. The van der Waals surface area contributed by atoms with Gasteiger partial charge in [-0.25, -0.2) is 0 Å². The SMILES string of the molecule is CCCN(CC(=O)c1ccc[nH]1)C1CCNCC1. The van der Waals surface area contributed by atoms with E-state index in [1.807, 2.05) is 18.3 Å². The van der Waals surface area contributed by atoms with E-state index in [1.165, 1.54) is 0 Å². The number of aromatic amines is 1. The molecule has 18 heavy (non-hydrogen) atoms. The summed E-state index contributed by atoms with van der Waals surface area (Å²) in [5.41, 5.74) is 0.727. The van der Waals surface area contributed by atoms with Crippen molar-refractivity contribution < 1.29 is 4.79 Å². The molecule has 1 aromatic heterocycles. The smallest absolute Gasteiger partial charge is 0.192 e. The quantitative estimate of drug-likeness (QED) is 0.754. The van der Waals surface area contributed by atoms with Crippen molar-refractivity contribution in [2.75, 3.05) is 26.2 Å². The summed E-state index contributed by atoms with van der Waals surface area (Å²) >= 11 is 0. The molecule has 100 valence electrons. The normalized spacial score (nSPS) is 17.2. The number of nitrogens with one attached hydrogen (secondary N) is 2. The highest BCUT2D eigenvalue weighted by molar-refractivity contribution is 5.95. The molecule has 4 heteroatoms. The van der Waals surface area contributed by atoms with E-state index >= 15 is 0 Å². The Morgan fingerprint density at radius 2 is 2.22 bits per heavy atom. The van der Waals surface area contributed by atoms with Crippen LogP contribution in [0.1, 0.15) is 36.7 Å². The second-order valence-corrected chi connectivity index (χ2v) is 4.96. The van der Waals surface area contributed by atoms with Crippen LogP contribution in [0, 0.1) is 0 Å². The van der Waals surface area contributed by atoms with E-state index in [9.17, 15) is 4.79 Å². The van der Waals surface area contributed by atoms with Gasteiger partial charge in [0.2, 0.25) is 0 Å². The number of rotatable bonds is 6. The summed E-state index contributed by atoms with van der Waals surface area (Å²) in [6, 6.07) is 4.29. The van der Waals surface area contributed by atoms with Crippen LogP contribution in [0.4, 0.5) is 0 Å². The summed E-state index contributed by atoms with van der Waals surface area (Å²) in [5.74, 6) is 0.201. The molecule has 0 atom stereocenters. The fourth-order valence-corrected chi connectivity index (χ4v) is 2.62. The first-order chi connectivity index (χ1) is 8.81. The van der Waals surface area contributed by atoms with Gasteiger partial charge in [-0.15, -0.1) is 0 Å². The van der Waals surface area contributed by atoms with Crippen LogP contribution < -0.4 is 5.32 Å². The molecule has 4 nitrogen and oxygen atoms in total. The van der Waals surface area contributed by atoms with Crippen LogP contribution in [0.2, 0.25) is 0 Å². The van der Waals surface area contributed by atoms with Gasteiger partial charge in [0.05, 0.1) is 12.2 Å². The van der Waals surface area contributed by atoms with Crippen molar-refractivity contribution in [2.45, 2.75) is 32.2 Å². The highest BCUT2D eigenvalue weighted by atomic mass is 16.1. The Kier molecular flexibility index (Phi) is 4.96. The number of Topliss-reactive ketones (excluding diaryl/α,β-unsaturated/α-hetero) is 1. The molecule has 0 unspecified atom stereocenters. The molecule has 1 fully saturated rings. The molecular formula is C14H23N3O. The van der Waals surface area contributed by atoms with Crippen LogP contribution in [0.3, 0.4) is 0 Å². The van der Waals surface area contributed by atoms with Crippen molar-refractivity contribution >= 4 is 5.78 Å². The second kappa shape index (κ2) is 6.71. The zero-order chi connectivity index (χ0) is 12.8. The van der Waals surface area contributed by atoms with E-state index in [2.05, 4.69) is 22.1 Å². The van der Waals surface area contributed by atoms with Crippen LogP contribution in [0.25, 0.3) is 0 Å². The summed E-state index contributed by atoms with van der Waals surface area (Å²) in [6.45, 7) is 5.87. The van der Waals surface area contributed by atoms with Gasteiger partial charge >= 0.3 is 0 Å². The number of H-pyrrole nitrogens is 1. The molecule has 1 aliphatic heterocycles.